The molecule has 2 aromatic heterocycles. The summed E-state index contributed by atoms with van der Waals surface area (Å²) >= 11 is 0. The van der Waals surface area contributed by atoms with Crippen LogP contribution in [0.2, 0.25) is 0 Å². The molecule has 2 heterocycles. The van der Waals surface area contributed by atoms with Gasteiger partial charge in [0.1, 0.15) is 11.2 Å². The quantitative estimate of drug-likeness (QED) is 0.128. The van der Waals surface area contributed by atoms with E-state index in [2.05, 4.69) is 325 Å². The average Bonchev–Trinajstić information content (AvgIpc) is 2.15. The van der Waals surface area contributed by atoms with Crippen molar-refractivity contribution in [3.63, 3.8) is 0 Å². The molecule has 0 aliphatic heterocycles. The number of hydrogen-bond acceptors (Lipinski definition) is 4. The first-order valence-electron chi connectivity index (χ1n) is 29.4. The fourth-order valence-corrected chi connectivity index (χ4v) is 13.6. The molecule has 0 spiro atoms. The van der Waals surface area contributed by atoms with Crippen molar-refractivity contribution in [2.75, 3.05) is 9.80 Å². The Morgan fingerprint density at radius 3 is 1.05 bits per heavy atom. The largest absolute Gasteiger partial charge is 0.453 e. The van der Waals surface area contributed by atoms with Crippen molar-refractivity contribution >= 4 is 121 Å². The Balaban J connectivity index is 0.866. The molecular weight excluding hydrogens is 1040 g/mol. The highest BCUT2D eigenvalue weighted by atomic mass is 16.3. The van der Waals surface area contributed by atoms with Gasteiger partial charge in [0.05, 0.1) is 22.7 Å². The van der Waals surface area contributed by atoms with Gasteiger partial charge in [-0.05, 0) is 114 Å². The van der Waals surface area contributed by atoms with Crippen LogP contribution in [0.4, 0.5) is 34.1 Å². The van der Waals surface area contributed by atoms with E-state index in [9.17, 15) is 0 Å². The summed E-state index contributed by atoms with van der Waals surface area (Å²) in [6, 6.07) is 114. The van der Waals surface area contributed by atoms with Crippen LogP contribution in [0.25, 0.3) is 131 Å². The van der Waals surface area contributed by atoms with E-state index in [1.165, 1.54) is 37.7 Å². The average molecular weight is 1100 g/mol. The topological polar surface area (TPSA) is 32.8 Å². The molecule has 17 rings (SSSR count). The summed E-state index contributed by atoms with van der Waals surface area (Å²) in [5, 5.41) is 13.8. The molecule has 0 amide bonds. The molecule has 0 aliphatic rings. The monoisotopic (exact) mass is 1100 g/mol. The maximum absolute atomic E-state index is 7.20. The van der Waals surface area contributed by atoms with E-state index < -0.39 is 0 Å². The Morgan fingerprint density at radius 1 is 0.198 bits per heavy atom. The normalized spacial score (nSPS) is 11.7. The van der Waals surface area contributed by atoms with Crippen LogP contribution < -0.4 is 9.80 Å². The second-order valence-electron chi connectivity index (χ2n) is 22.2. The highest BCUT2D eigenvalue weighted by molar-refractivity contribution is 6.32. The van der Waals surface area contributed by atoms with E-state index in [1.807, 2.05) is 0 Å². The van der Waals surface area contributed by atoms with Crippen LogP contribution in [0, 0.1) is 0 Å². The Bertz CT molecular complexity index is 5450. The van der Waals surface area contributed by atoms with E-state index >= 15 is 0 Å². The van der Waals surface area contributed by atoms with Crippen LogP contribution in [-0.4, -0.2) is 0 Å². The number of fused-ring (bicyclic) bond motifs is 14. The molecule has 0 bridgehead atoms. The third-order valence-electron chi connectivity index (χ3n) is 17.4. The SMILES string of the molecule is c1ccc(-c2ccccc2N(c2ccc3c(ccc4c5ccc(N(c6ccccc6-c6ccccc6)c6cccc7c6oc6c(-c8ccccc8)cccc67)cc5c5ccccc5c34)c2)c2cccc3c2oc2c(-c4ccccc4)cccc23)cc1. The minimum atomic E-state index is 0.830. The van der Waals surface area contributed by atoms with Crippen molar-refractivity contribution in [2.45, 2.75) is 0 Å². The van der Waals surface area contributed by atoms with Gasteiger partial charge in [0.15, 0.2) is 11.2 Å². The molecular formula is C82H52N2O2. The van der Waals surface area contributed by atoms with Crippen molar-refractivity contribution in [2.24, 2.45) is 0 Å². The van der Waals surface area contributed by atoms with Crippen molar-refractivity contribution in [1.29, 1.82) is 0 Å². The zero-order valence-corrected chi connectivity index (χ0v) is 46.7. The highest BCUT2D eigenvalue weighted by Crippen LogP contribution is 2.51. The third-order valence-corrected chi connectivity index (χ3v) is 17.4. The van der Waals surface area contributed by atoms with E-state index in [1.54, 1.807) is 0 Å². The molecule has 402 valence electrons. The van der Waals surface area contributed by atoms with Crippen molar-refractivity contribution in [1.82, 2.24) is 0 Å². The fraction of sp³-hybridized carbons (Fsp3) is 0. The zero-order chi connectivity index (χ0) is 56.7. The van der Waals surface area contributed by atoms with E-state index in [4.69, 9.17) is 8.83 Å². The molecule has 0 saturated heterocycles. The molecule has 0 N–H and O–H groups in total. The molecule has 4 nitrogen and oxygen atoms in total. The van der Waals surface area contributed by atoms with Gasteiger partial charge in [-0.25, -0.2) is 0 Å². The van der Waals surface area contributed by atoms with Gasteiger partial charge >= 0.3 is 0 Å². The molecule has 0 unspecified atom stereocenters. The predicted molar refractivity (Wildman–Crippen MR) is 362 cm³/mol. The minimum Gasteiger partial charge on any atom is -0.453 e. The van der Waals surface area contributed by atoms with Gasteiger partial charge in [-0.15, -0.1) is 0 Å². The Hall–Kier alpha value is -11.5. The Morgan fingerprint density at radius 2 is 0.535 bits per heavy atom. The molecule has 15 aromatic carbocycles. The van der Waals surface area contributed by atoms with Crippen LogP contribution >= 0.6 is 0 Å². The molecule has 0 fully saturated rings. The first-order valence-corrected chi connectivity index (χ1v) is 29.4. The van der Waals surface area contributed by atoms with Crippen molar-refractivity contribution in [3.8, 4) is 44.5 Å². The summed E-state index contributed by atoms with van der Waals surface area (Å²) in [4.78, 5) is 4.81. The molecule has 0 aliphatic carbocycles. The third kappa shape index (κ3) is 7.92. The number of hydrogen-bond donors (Lipinski definition) is 0. The van der Waals surface area contributed by atoms with E-state index in [0.29, 0.717) is 0 Å². The van der Waals surface area contributed by atoms with Crippen molar-refractivity contribution < 1.29 is 8.83 Å². The number of anilines is 6. The maximum atomic E-state index is 7.20. The number of para-hydroxylation sites is 6. The maximum Gasteiger partial charge on any atom is 0.159 e. The standard InChI is InChI=1S/C82H52N2O2/c1-5-23-53(24-6-1)60-31-15-17-41-74(60)83(76-43-21-39-71-69-37-19-35-63(79(69)85-81(71)76)55-27-9-3-10-28-55)58-46-49-62-57(51-58)45-48-68-66-50-47-59(52-73(66)65-33-13-14-34-67(65)78(62)68)84(75-42-18-16-32-61(75)54-25-7-2-8-26-54)77-44-22-40-72-70-38-20-36-64(80(70)86-82(72)77)56-29-11-4-12-30-56/h1-52H. The van der Waals surface area contributed by atoms with Gasteiger partial charge in [-0.2, -0.15) is 0 Å². The second-order valence-corrected chi connectivity index (χ2v) is 22.2. The predicted octanol–water partition coefficient (Wildman–Crippen LogP) is 23.7. The van der Waals surface area contributed by atoms with Gasteiger partial charge in [0, 0.05) is 55.2 Å². The molecule has 17 aromatic rings. The van der Waals surface area contributed by atoms with Gasteiger partial charge in [0.25, 0.3) is 0 Å². The number of benzene rings is 15. The Kier molecular flexibility index (Phi) is 11.5. The van der Waals surface area contributed by atoms with E-state index in [-0.39, 0.29) is 0 Å². The summed E-state index contributed by atoms with van der Waals surface area (Å²) < 4.78 is 14.4. The highest BCUT2D eigenvalue weighted by Gasteiger charge is 2.26. The second kappa shape index (κ2) is 20.2. The van der Waals surface area contributed by atoms with Crippen LogP contribution in [0.5, 0.6) is 0 Å². The molecule has 0 saturated carbocycles. The van der Waals surface area contributed by atoms with Crippen molar-refractivity contribution in [3.05, 3.63) is 315 Å². The smallest absolute Gasteiger partial charge is 0.159 e. The molecule has 4 heteroatoms. The minimum absolute atomic E-state index is 0.830. The summed E-state index contributed by atoms with van der Waals surface area (Å²) in [6.45, 7) is 0. The summed E-state index contributed by atoms with van der Waals surface area (Å²) in [5.74, 6) is 0. The fourth-order valence-electron chi connectivity index (χ4n) is 13.6. The van der Waals surface area contributed by atoms with Crippen LogP contribution in [0.15, 0.2) is 324 Å². The van der Waals surface area contributed by atoms with Crippen LogP contribution in [0.1, 0.15) is 0 Å². The van der Waals surface area contributed by atoms with Gasteiger partial charge < -0.3 is 18.6 Å². The van der Waals surface area contributed by atoms with Gasteiger partial charge in [-0.1, -0.05) is 267 Å². The first kappa shape index (κ1) is 49.2. The van der Waals surface area contributed by atoms with Crippen LogP contribution in [0.3, 0.4) is 0 Å². The van der Waals surface area contributed by atoms with Gasteiger partial charge in [0.2, 0.25) is 0 Å². The molecule has 86 heavy (non-hydrogen) atoms. The lowest BCUT2D eigenvalue weighted by Crippen LogP contribution is -2.11. The number of nitrogens with zero attached hydrogens (tertiary/aromatic N) is 2. The van der Waals surface area contributed by atoms with Gasteiger partial charge in [-0.3, -0.25) is 0 Å². The lowest BCUT2D eigenvalue weighted by Gasteiger charge is -2.29. The molecule has 0 radical (unpaired) electrons. The summed E-state index contributed by atoms with van der Waals surface area (Å²) in [7, 11) is 0. The molecule has 0 atom stereocenters. The summed E-state index contributed by atoms with van der Waals surface area (Å²) in [6.07, 6.45) is 0. The number of furan rings is 2. The first-order chi connectivity index (χ1) is 42.7. The summed E-state index contributed by atoms with van der Waals surface area (Å²) in [5.41, 5.74) is 18.4. The van der Waals surface area contributed by atoms with Crippen LogP contribution in [-0.2, 0) is 0 Å². The lowest BCUT2D eigenvalue weighted by molar-refractivity contribution is 0.670. The lowest BCUT2D eigenvalue weighted by atomic mass is 9.90. The zero-order valence-electron chi connectivity index (χ0n) is 46.7. The Labute approximate surface area is 496 Å². The number of rotatable bonds is 10. The van der Waals surface area contributed by atoms with E-state index in [0.717, 1.165) is 128 Å².